The van der Waals surface area contributed by atoms with Crippen LogP contribution in [0.5, 0.6) is 5.75 Å². The van der Waals surface area contributed by atoms with Gasteiger partial charge in [0, 0.05) is 11.8 Å². The van der Waals surface area contributed by atoms with E-state index in [2.05, 4.69) is 19.7 Å². The summed E-state index contributed by atoms with van der Waals surface area (Å²) >= 11 is 0. The smallest absolute Gasteiger partial charge is 0.343 e. The maximum Gasteiger partial charge on any atom is 0.343 e. The number of carbonyl (C=O) groups is 1. The van der Waals surface area contributed by atoms with Crippen LogP contribution in [-0.2, 0) is 9.53 Å². The number of methoxy groups -OCH3 is 1. The Morgan fingerprint density at radius 3 is 3.05 bits per heavy atom. The van der Waals surface area contributed by atoms with Gasteiger partial charge in [0.15, 0.2) is 6.61 Å². The molecule has 21 heavy (non-hydrogen) atoms. The standard InChI is InChI=1S/C15H13N3O3/c1-20-14(19)9-21-11-4-2-3-10(7-11)15-17-12-5-6-16-8-13(12)18-15/h2-8H,9H2,1H3,(H,17,18). The van der Waals surface area contributed by atoms with Crippen LogP contribution >= 0.6 is 0 Å². The number of esters is 1. The van der Waals surface area contributed by atoms with Crippen LogP contribution in [0, 0.1) is 0 Å². The normalized spacial score (nSPS) is 10.5. The molecule has 106 valence electrons. The van der Waals surface area contributed by atoms with Gasteiger partial charge in [0.2, 0.25) is 0 Å². The summed E-state index contributed by atoms with van der Waals surface area (Å²) in [5.41, 5.74) is 2.59. The molecule has 2 heterocycles. The molecule has 0 aliphatic heterocycles. The van der Waals surface area contributed by atoms with Crippen molar-refractivity contribution in [1.29, 1.82) is 0 Å². The molecule has 0 radical (unpaired) electrons. The van der Waals surface area contributed by atoms with Crippen molar-refractivity contribution in [2.24, 2.45) is 0 Å². The molecular formula is C15H13N3O3. The Kier molecular flexibility index (Phi) is 3.51. The van der Waals surface area contributed by atoms with Gasteiger partial charge in [-0.1, -0.05) is 12.1 Å². The number of H-pyrrole nitrogens is 1. The van der Waals surface area contributed by atoms with Crippen molar-refractivity contribution in [3.8, 4) is 17.1 Å². The Balaban J connectivity index is 1.86. The summed E-state index contributed by atoms with van der Waals surface area (Å²) in [5, 5.41) is 0. The minimum atomic E-state index is -0.421. The Morgan fingerprint density at radius 1 is 1.33 bits per heavy atom. The van der Waals surface area contributed by atoms with Crippen LogP contribution in [0.3, 0.4) is 0 Å². The predicted octanol–water partition coefficient (Wildman–Crippen LogP) is 2.18. The van der Waals surface area contributed by atoms with Crippen LogP contribution in [0.1, 0.15) is 0 Å². The molecule has 0 aliphatic rings. The van der Waals surface area contributed by atoms with E-state index in [4.69, 9.17) is 4.74 Å². The molecule has 0 atom stereocenters. The molecule has 0 fully saturated rings. The molecule has 0 aliphatic carbocycles. The van der Waals surface area contributed by atoms with Crippen LogP contribution in [0.15, 0.2) is 42.7 Å². The molecule has 0 unspecified atom stereocenters. The molecule has 1 N–H and O–H groups in total. The highest BCUT2D eigenvalue weighted by Gasteiger charge is 2.07. The largest absolute Gasteiger partial charge is 0.482 e. The second-order valence-corrected chi connectivity index (χ2v) is 4.37. The lowest BCUT2D eigenvalue weighted by Gasteiger charge is -2.05. The first-order valence-corrected chi connectivity index (χ1v) is 6.36. The number of carbonyl (C=O) groups excluding carboxylic acids is 1. The lowest BCUT2D eigenvalue weighted by atomic mass is 10.2. The van der Waals surface area contributed by atoms with E-state index >= 15 is 0 Å². The lowest BCUT2D eigenvalue weighted by molar-refractivity contribution is -0.142. The zero-order valence-electron chi connectivity index (χ0n) is 11.4. The van der Waals surface area contributed by atoms with Crippen LogP contribution in [0.2, 0.25) is 0 Å². The van der Waals surface area contributed by atoms with E-state index in [1.807, 2.05) is 24.3 Å². The number of aromatic nitrogens is 3. The van der Waals surface area contributed by atoms with Crippen LogP contribution in [-0.4, -0.2) is 34.6 Å². The molecular weight excluding hydrogens is 270 g/mol. The average Bonchev–Trinajstić information content (AvgIpc) is 2.97. The maximum absolute atomic E-state index is 11.1. The van der Waals surface area contributed by atoms with Crippen LogP contribution in [0.25, 0.3) is 22.4 Å². The molecule has 0 saturated heterocycles. The van der Waals surface area contributed by atoms with Crippen molar-refractivity contribution in [2.45, 2.75) is 0 Å². The van der Waals surface area contributed by atoms with Crippen molar-refractivity contribution < 1.29 is 14.3 Å². The molecule has 2 aromatic heterocycles. The number of ether oxygens (including phenoxy) is 2. The predicted molar refractivity (Wildman–Crippen MR) is 76.8 cm³/mol. The number of nitrogens with zero attached hydrogens (tertiary/aromatic N) is 2. The topological polar surface area (TPSA) is 77.1 Å². The number of aromatic amines is 1. The minimum absolute atomic E-state index is 0.121. The monoisotopic (exact) mass is 283 g/mol. The Bertz CT molecular complexity index is 749. The molecule has 6 nitrogen and oxygen atoms in total. The second-order valence-electron chi connectivity index (χ2n) is 4.37. The number of hydrogen-bond acceptors (Lipinski definition) is 5. The van der Waals surface area contributed by atoms with Gasteiger partial charge in [-0.05, 0) is 18.2 Å². The molecule has 0 amide bonds. The first-order chi connectivity index (χ1) is 10.3. The van der Waals surface area contributed by atoms with Crippen LogP contribution in [0.4, 0.5) is 0 Å². The van der Waals surface area contributed by atoms with Crippen molar-refractivity contribution >= 4 is 17.0 Å². The van der Waals surface area contributed by atoms with E-state index in [-0.39, 0.29) is 6.61 Å². The summed E-state index contributed by atoms with van der Waals surface area (Å²) < 4.78 is 9.90. The summed E-state index contributed by atoms with van der Waals surface area (Å²) in [7, 11) is 1.32. The second kappa shape index (κ2) is 5.62. The molecule has 3 aromatic rings. The first kappa shape index (κ1) is 13.1. The number of benzene rings is 1. The number of rotatable bonds is 4. The van der Waals surface area contributed by atoms with Gasteiger partial charge in [-0.2, -0.15) is 0 Å². The molecule has 0 saturated carbocycles. The zero-order valence-corrected chi connectivity index (χ0v) is 11.4. The number of pyridine rings is 1. The third kappa shape index (κ3) is 2.84. The SMILES string of the molecule is COC(=O)COc1cccc(-c2nc3ccncc3[nH]2)c1. The van der Waals surface area contributed by atoms with E-state index in [1.165, 1.54) is 7.11 Å². The number of hydrogen-bond donors (Lipinski definition) is 1. The lowest BCUT2D eigenvalue weighted by Crippen LogP contribution is -2.12. The third-order valence-electron chi connectivity index (χ3n) is 2.98. The highest BCUT2D eigenvalue weighted by Crippen LogP contribution is 2.23. The van der Waals surface area contributed by atoms with E-state index < -0.39 is 5.97 Å². The summed E-state index contributed by atoms with van der Waals surface area (Å²) in [5.74, 6) is 0.883. The van der Waals surface area contributed by atoms with Crippen LogP contribution < -0.4 is 4.74 Å². The summed E-state index contributed by atoms with van der Waals surface area (Å²) in [6.45, 7) is -0.121. The van der Waals surface area contributed by atoms with Gasteiger partial charge in [0.1, 0.15) is 11.6 Å². The average molecular weight is 283 g/mol. The van der Waals surface area contributed by atoms with Gasteiger partial charge < -0.3 is 14.5 Å². The van der Waals surface area contributed by atoms with Gasteiger partial charge in [-0.3, -0.25) is 4.98 Å². The van der Waals surface area contributed by atoms with Crippen molar-refractivity contribution in [2.75, 3.05) is 13.7 Å². The van der Waals surface area contributed by atoms with Gasteiger partial charge in [-0.15, -0.1) is 0 Å². The molecule has 1 aromatic carbocycles. The first-order valence-electron chi connectivity index (χ1n) is 6.36. The Hall–Kier alpha value is -2.89. The van der Waals surface area contributed by atoms with E-state index in [0.29, 0.717) is 5.75 Å². The Morgan fingerprint density at radius 2 is 2.24 bits per heavy atom. The minimum Gasteiger partial charge on any atom is -0.482 e. The fraction of sp³-hybridized carbons (Fsp3) is 0.133. The number of imidazole rings is 1. The molecule has 0 spiro atoms. The third-order valence-corrected chi connectivity index (χ3v) is 2.98. The van der Waals surface area contributed by atoms with Gasteiger partial charge >= 0.3 is 5.97 Å². The van der Waals surface area contributed by atoms with E-state index in [9.17, 15) is 4.79 Å². The zero-order chi connectivity index (χ0) is 14.7. The number of fused-ring (bicyclic) bond motifs is 1. The fourth-order valence-electron chi connectivity index (χ4n) is 1.93. The van der Waals surface area contributed by atoms with Gasteiger partial charge in [-0.25, -0.2) is 9.78 Å². The fourth-order valence-corrected chi connectivity index (χ4v) is 1.93. The Labute approximate surface area is 120 Å². The summed E-state index contributed by atoms with van der Waals surface area (Å²) in [4.78, 5) is 22.8. The molecule has 3 rings (SSSR count). The quantitative estimate of drug-likeness (QED) is 0.742. The van der Waals surface area contributed by atoms with E-state index in [1.54, 1.807) is 18.5 Å². The van der Waals surface area contributed by atoms with E-state index in [0.717, 1.165) is 22.4 Å². The summed E-state index contributed by atoms with van der Waals surface area (Å²) in [6, 6.07) is 9.18. The van der Waals surface area contributed by atoms with Gasteiger partial charge in [0.05, 0.1) is 24.3 Å². The van der Waals surface area contributed by atoms with Crippen molar-refractivity contribution in [3.63, 3.8) is 0 Å². The molecule has 0 bridgehead atoms. The van der Waals surface area contributed by atoms with Crippen molar-refractivity contribution in [1.82, 2.24) is 15.0 Å². The number of nitrogens with one attached hydrogen (secondary N) is 1. The van der Waals surface area contributed by atoms with Gasteiger partial charge in [0.25, 0.3) is 0 Å². The van der Waals surface area contributed by atoms with Crippen molar-refractivity contribution in [3.05, 3.63) is 42.7 Å². The highest BCUT2D eigenvalue weighted by molar-refractivity contribution is 5.78. The maximum atomic E-state index is 11.1. The summed E-state index contributed by atoms with van der Waals surface area (Å²) in [6.07, 6.45) is 3.42. The highest BCUT2D eigenvalue weighted by atomic mass is 16.6. The molecule has 6 heteroatoms.